The van der Waals surface area contributed by atoms with Gasteiger partial charge in [0, 0.05) is 0 Å². The Morgan fingerprint density at radius 3 is 2.16 bits per heavy atom. The maximum absolute atomic E-state index is 2.38. The SMILES string of the molecule is CC(=C1C2CC3CC(C2)CC1C3)c1cccc(C)c1. The van der Waals surface area contributed by atoms with Gasteiger partial charge in [0.15, 0.2) is 0 Å². The highest BCUT2D eigenvalue weighted by Crippen LogP contribution is 2.57. The molecule has 0 radical (unpaired) electrons. The van der Waals surface area contributed by atoms with Crippen LogP contribution in [0.15, 0.2) is 29.8 Å². The zero-order valence-corrected chi connectivity index (χ0v) is 12.2. The Balaban J connectivity index is 1.76. The molecule has 4 aliphatic carbocycles. The second-order valence-corrected chi connectivity index (χ2v) is 7.25. The van der Waals surface area contributed by atoms with Crippen molar-refractivity contribution in [3.63, 3.8) is 0 Å². The van der Waals surface area contributed by atoms with Crippen LogP contribution in [0.1, 0.15) is 50.2 Å². The number of allylic oxidation sites excluding steroid dienone is 2. The molecule has 4 aliphatic rings. The Hall–Kier alpha value is -1.04. The Labute approximate surface area is 116 Å². The van der Waals surface area contributed by atoms with Crippen molar-refractivity contribution in [2.75, 3.05) is 0 Å². The zero-order valence-electron chi connectivity index (χ0n) is 12.2. The van der Waals surface area contributed by atoms with Gasteiger partial charge in [-0.2, -0.15) is 0 Å². The van der Waals surface area contributed by atoms with Gasteiger partial charge in [-0.15, -0.1) is 0 Å². The van der Waals surface area contributed by atoms with Crippen molar-refractivity contribution >= 4 is 5.57 Å². The Bertz CT molecular complexity index is 505. The van der Waals surface area contributed by atoms with Crippen molar-refractivity contribution in [3.8, 4) is 0 Å². The number of aryl methyl sites for hydroxylation is 1. The van der Waals surface area contributed by atoms with Crippen LogP contribution in [0.2, 0.25) is 0 Å². The Kier molecular flexibility index (Phi) is 2.62. The standard InChI is InChI=1S/C19H24/c1-12-4-3-5-16(6-12)13(2)19-17-8-14-7-15(10-17)11-18(19)9-14/h3-6,14-15,17-18H,7-11H2,1-2H3. The van der Waals surface area contributed by atoms with E-state index in [2.05, 4.69) is 38.1 Å². The van der Waals surface area contributed by atoms with Gasteiger partial charge in [-0.1, -0.05) is 35.4 Å². The monoisotopic (exact) mass is 252 g/mol. The quantitative estimate of drug-likeness (QED) is 0.642. The number of benzene rings is 1. The third-order valence-corrected chi connectivity index (χ3v) is 5.90. The smallest absolute Gasteiger partial charge is 0.0189 e. The van der Waals surface area contributed by atoms with Crippen LogP contribution in [0.25, 0.3) is 5.57 Å². The molecule has 4 saturated carbocycles. The van der Waals surface area contributed by atoms with Crippen LogP contribution in [0.5, 0.6) is 0 Å². The summed E-state index contributed by atoms with van der Waals surface area (Å²) in [6, 6.07) is 9.09. The molecule has 0 aliphatic heterocycles. The fourth-order valence-electron chi connectivity index (χ4n) is 5.35. The van der Waals surface area contributed by atoms with E-state index in [1.807, 2.05) is 5.57 Å². The largest absolute Gasteiger partial charge is 0.0614 e. The van der Waals surface area contributed by atoms with E-state index in [-0.39, 0.29) is 0 Å². The average molecular weight is 252 g/mol. The van der Waals surface area contributed by atoms with Gasteiger partial charge in [0.25, 0.3) is 0 Å². The van der Waals surface area contributed by atoms with Crippen LogP contribution in [0.4, 0.5) is 0 Å². The van der Waals surface area contributed by atoms with E-state index in [1.54, 1.807) is 12.0 Å². The normalized spacial score (nSPS) is 35.8. The van der Waals surface area contributed by atoms with Crippen molar-refractivity contribution in [3.05, 3.63) is 41.0 Å². The molecule has 0 amide bonds. The van der Waals surface area contributed by atoms with Crippen LogP contribution < -0.4 is 0 Å². The summed E-state index contributed by atoms with van der Waals surface area (Å²) in [5.41, 5.74) is 6.32. The molecule has 4 bridgehead atoms. The van der Waals surface area contributed by atoms with E-state index < -0.39 is 0 Å². The summed E-state index contributed by atoms with van der Waals surface area (Å²) in [5, 5.41) is 0. The molecule has 0 aromatic heterocycles. The fraction of sp³-hybridized carbons (Fsp3) is 0.579. The fourth-order valence-corrected chi connectivity index (χ4v) is 5.35. The van der Waals surface area contributed by atoms with Gasteiger partial charge in [-0.05, 0) is 80.8 Å². The summed E-state index contributed by atoms with van der Waals surface area (Å²) in [7, 11) is 0. The van der Waals surface area contributed by atoms with Gasteiger partial charge in [0.1, 0.15) is 0 Å². The van der Waals surface area contributed by atoms with E-state index >= 15 is 0 Å². The number of rotatable bonds is 1. The van der Waals surface area contributed by atoms with E-state index in [1.165, 1.54) is 36.8 Å². The van der Waals surface area contributed by atoms with Gasteiger partial charge in [0.05, 0.1) is 0 Å². The maximum Gasteiger partial charge on any atom is -0.0189 e. The zero-order chi connectivity index (χ0) is 13.0. The van der Waals surface area contributed by atoms with Gasteiger partial charge in [-0.25, -0.2) is 0 Å². The lowest BCUT2D eigenvalue weighted by Crippen LogP contribution is -2.40. The Morgan fingerprint density at radius 1 is 0.947 bits per heavy atom. The van der Waals surface area contributed by atoms with Crippen LogP contribution in [0, 0.1) is 30.6 Å². The maximum atomic E-state index is 2.38. The van der Waals surface area contributed by atoms with Crippen molar-refractivity contribution in [2.24, 2.45) is 23.7 Å². The third kappa shape index (κ3) is 1.88. The van der Waals surface area contributed by atoms with Gasteiger partial charge in [0.2, 0.25) is 0 Å². The predicted molar refractivity (Wildman–Crippen MR) is 80.8 cm³/mol. The minimum atomic E-state index is 0.928. The average Bonchev–Trinajstić information content (AvgIpc) is 2.37. The Morgan fingerprint density at radius 2 is 1.58 bits per heavy atom. The molecule has 0 atom stereocenters. The lowest BCUT2D eigenvalue weighted by atomic mass is 9.53. The van der Waals surface area contributed by atoms with E-state index in [0.29, 0.717) is 0 Å². The molecule has 0 N–H and O–H groups in total. The first-order valence-electron chi connectivity index (χ1n) is 7.98. The lowest BCUT2D eigenvalue weighted by Gasteiger charge is -2.52. The summed E-state index contributed by atoms with van der Waals surface area (Å²) in [6.45, 7) is 4.59. The summed E-state index contributed by atoms with van der Waals surface area (Å²) >= 11 is 0. The minimum Gasteiger partial charge on any atom is -0.0614 e. The van der Waals surface area contributed by atoms with Crippen molar-refractivity contribution < 1.29 is 0 Å². The second-order valence-electron chi connectivity index (χ2n) is 7.25. The van der Waals surface area contributed by atoms with Crippen molar-refractivity contribution in [1.82, 2.24) is 0 Å². The number of hydrogen-bond donors (Lipinski definition) is 0. The van der Waals surface area contributed by atoms with E-state index in [4.69, 9.17) is 0 Å². The van der Waals surface area contributed by atoms with Crippen LogP contribution in [-0.4, -0.2) is 0 Å². The molecule has 0 unspecified atom stereocenters. The lowest BCUT2D eigenvalue weighted by molar-refractivity contribution is 0.0704. The van der Waals surface area contributed by atoms with Crippen LogP contribution >= 0.6 is 0 Å². The van der Waals surface area contributed by atoms with Crippen LogP contribution in [0.3, 0.4) is 0 Å². The molecule has 0 heteroatoms. The second kappa shape index (κ2) is 4.23. The molecule has 0 nitrogen and oxygen atoms in total. The molecule has 19 heavy (non-hydrogen) atoms. The van der Waals surface area contributed by atoms with E-state index in [9.17, 15) is 0 Å². The molecule has 0 saturated heterocycles. The van der Waals surface area contributed by atoms with Gasteiger partial charge >= 0.3 is 0 Å². The molecule has 100 valence electrons. The molecule has 1 aromatic rings. The summed E-state index contributed by atoms with van der Waals surface area (Å²) in [6.07, 6.45) is 7.51. The molecule has 1 aromatic carbocycles. The predicted octanol–water partition coefficient (Wildman–Crippen LogP) is 5.22. The summed E-state index contributed by atoms with van der Waals surface area (Å²) in [4.78, 5) is 0. The first-order chi connectivity index (χ1) is 9.20. The van der Waals surface area contributed by atoms with Crippen molar-refractivity contribution in [2.45, 2.75) is 46.0 Å². The van der Waals surface area contributed by atoms with Gasteiger partial charge in [-0.3, -0.25) is 0 Å². The van der Waals surface area contributed by atoms with E-state index in [0.717, 1.165) is 23.7 Å². The number of hydrogen-bond acceptors (Lipinski definition) is 0. The highest BCUT2D eigenvalue weighted by molar-refractivity contribution is 5.68. The summed E-state index contributed by atoms with van der Waals surface area (Å²) in [5.74, 6) is 3.99. The molecular formula is C19H24. The van der Waals surface area contributed by atoms with Crippen LogP contribution in [-0.2, 0) is 0 Å². The minimum absolute atomic E-state index is 0.928. The summed E-state index contributed by atoms with van der Waals surface area (Å²) < 4.78 is 0. The first-order valence-corrected chi connectivity index (χ1v) is 7.98. The highest BCUT2D eigenvalue weighted by atomic mass is 14.5. The topological polar surface area (TPSA) is 0 Å². The molecule has 4 fully saturated rings. The first kappa shape index (κ1) is 11.8. The van der Waals surface area contributed by atoms with Gasteiger partial charge < -0.3 is 0 Å². The molecular weight excluding hydrogens is 228 g/mol. The molecule has 0 heterocycles. The third-order valence-electron chi connectivity index (χ3n) is 5.90. The van der Waals surface area contributed by atoms with Crippen molar-refractivity contribution in [1.29, 1.82) is 0 Å². The molecule has 5 rings (SSSR count). The molecule has 0 spiro atoms. The highest BCUT2D eigenvalue weighted by Gasteiger charge is 2.45.